The van der Waals surface area contributed by atoms with Gasteiger partial charge in [-0.25, -0.2) is 9.18 Å². The molecule has 1 aliphatic carbocycles. The van der Waals surface area contributed by atoms with Crippen molar-refractivity contribution in [1.82, 2.24) is 15.3 Å². The first-order valence-corrected chi connectivity index (χ1v) is 11.7. The summed E-state index contributed by atoms with van der Waals surface area (Å²) in [6.45, 7) is 1.56. The fourth-order valence-electron chi connectivity index (χ4n) is 4.17. The van der Waals surface area contributed by atoms with Crippen molar-refractivity contribution in [3.63, 3.8) is 0 Å². The summed E-state index contributed by atoms with van der Waals surface area (Å²) in [6.07, 6.45) is 4.64. The number of rotatable bonds is 10. The van der Waals surface area contributed by atoms with E-state index in [9.17, 15) is 14.0 Å². The van der Waals surface area contributed by atoms with E-state index >= 15 is 0 Å². The molecule has 4 rings (SSSR count). The summed E-state index contributed by atoms with van der Waals surface area (Å²) in [5.41, 5.74) is 4.60. The number of nitrogens with zero attached hydrogens (tertiary/aromatic N) is 2. The Hall–Kier alpha value is -4.73. The maximum atomic E-state index is 14.2. The number of carboxylic acid groups (broad SMARTS) is 1. The van der Waals surface area contributed by atoms with Crippen molar-refractivity contribution in [2.24, 2.45) is 0 Å². The topological polar surface area (TPSA) is 120 Å². The minimum atomic E-state index is -1.14. The van der Waals surface area contributed by atoms with Crippen LogP contribution in [0.2, 0.25) is 0 Å². The Labute approximate surface area is 218 Å². The van der Waals surface area contributed by atoms with Crippen LogP contribution in [0.4, 0.5) is 4.39 Å². The Morgan fingerprint density at radius 2 is 1.84 bits per heavy atom. The zero-order valence-corrected chi connectivity index (χ0v) is 21.1. The van der Waals surface area contributed by atoms with Crippen LogP contribution in [0.25, 0.3) is 17.2 Å². The number of ether oxygens (including phenoxy) is 3. The number of hydrogen-bond donors (Lipinski definition) is 2. The molecule has 196 valence electrons. The summed E-state index contributed by atoms with van der Waals surface area (Å²) in [7, 11) is 2.86. The molecular weight excluding hydrogens is 493 g/mol. The van der Waals surface area contributed by atoms with Crippen LogP contribution in [0.5, 0.6) is 17.2 Å². The SMILES string of the molecule is COc1cc(C=C2C(C)=C(CC(=O)NCc3ccccn3)c3cc(F)cnc32)cc(OC)c1OCC(=O)O. The Bertz CT molecular complexity index is 1410. The van der Waals surface area contributed by atoms with Gasteiger partial charge in [-0.3, -0.25) is 14.8 Å². The van der Waals surface area contributed by atoms with Gasteiger partial charge in [-0.05, 0) is 60.0 Å². The van der Waals surface area contributed by atoms with Gasteiger partial charge in [0, 0.05) is 17.3 Å². The highest BCUT2D eigenvalue weighted by Gasteiger charge is 2.27. The van der Waals surface area contributed by atoms with E-state index in [1.165, 1.54) is 20.3 Å². The average molecular weight is 520 g/mol. The molecule has 10 heteroatoms. The number of pyridine rings is 2. The second-order valence-corrected chi connectivity index (χ2v) is 8.42. The van der Waals surface area contributed by atoms with Crippen molar-refractivity contribution in [2.75, 3.05) is 20.8 Å². The summed E-state index contributed by atoms with van der Waals surface area (Å²) >= 11 is 0. The third-order valence-electron chi connectivity index (χ3n) is 5.96. The number of amides is 1. The molecule has 2 heterocycles. The summed E-state index contributed by atoms with van der Waals surface area (Å²) in [5, 5.41) is 11.8. The Morgan fingerprint density at radius 1 is 1.11 bits per heavy atom. The highest BCUT2D eigenvalue weighted by Crippen LogP contribution is 2.44. The number of halogens is 1. The number of aromatic nitrogens is 2. The second-order valence-electron chi connectivity index (χ2n) is 8.42. The molecule has 1 amide bonds. The van der Waals surface area contributed by atoms with E-state index in [1.807, 2.05) is 25.1 Å². The fraction of sp³-hybridized carbons (Fsp3) is 0.214. The van der Waals surface area contributed by atoms with E-state index in [0.717, 1.165) is 17.5 Å². The van der Waals surface area contributed by atoms with Gasteiger partial charge in [-0.2, -0.15) is 0 Å². The molecule has 1 aromatic carbocycles. The molecule has 0 aliphatic heterocycles. The first-order valence-electron chi connectivity index (χ1n) is 11.7. The molecular formula is C28H26FN3O6. The standard InChI is InChI=1S/C28H26FN3O6/c1-16-20(12-25(33)31-14-19-6-4-5-7-30-19)22-11-18(29)13-32-27(22)21(16)8-17-9-23(36-2)28(24(10-17)37-3)38-15-26(34)35/h4-11,13H,12,14-15H2,1-3H3,(H,31,33)(H,34,35). The number of carboxylic acids is 1. The quantitative estimate of drug-likeness (QED) is 0.410. The van der Waals surface area contributed by atoms with Gasteiger partial charge in [0.15, 0.2) is 18.1 Å². The van der Waals surface area contributed by atoms with Gasteiger partial charge in [0.25, 0.3) is 0 Å². The molecule has 0 saturated heterocycles. The normalized spacial score (nSPS) is 13.3. The maximum Gasteiger partial charge on any atom is 0.341 e. The number of carbonyl (C=O) groups excluding carboxylic acids is 1. The molecule has 0 bridgehead atoms. The third kappa shape index (κ3) is 5.80. The van der Waals surface area contributed by atoms with Crippen molar-refractivity contribution in [2.45, 2.75) is 19.9 Å². The number of nitrogens with one attached hydrogen (secondary N) is 1. The van der Waals surface area contributed by atoms with Gasteiger partial charge in [0.1, 0.15) is 5.82 Å². The Kier molecular flexibility index (Phi) is 8.00. The van der Waals surface area contributed by atoms with Crippen LogP contribution in [-0.4, -0.2) is 47.8 Å². The second kappa shape index (κ2) is 11.5. The monoisotopic (exact) mass is 519 g/mol. The minimum absolute atomic E-state index is 0.0305. The van der Waals surface area contributed by atoms with E-state index in [1.54, 1.807) is 24.4 Å². The lowest BCUT2D eigenvalue weighted by Gasteiger charge is -2.14. The molecule has 0 saturated carbocycles. The van der Waals surface area contributed by atoms with Gasteiger partial charge >= 0.3 is 5.97 Å². The van der Waals surface area contributed by atoms with Crippen LogP contribution in [0.15, 0.2) is 54.4 Å². The van der Waals surface area contributed by atoms with E-state index < -0.39 is 18.4 Å². The number of aliphatic carboxylic acids is 1. The largest absolute Gasteiger partial charge is 0.493 e. The van der Waals surface area contributed by atoms with Crippen molar-refractivity contribution < 1.29 is 33.3 Å². The first-order chi connectivity index (χ1) is 18.3. The summed E-state index contributed by atoms with van der Waals surface area (Å²) in [6, 6.07) is 10.2. The predicted molar refractivity (Wildman–Crippen MR) is 138 cm³/mol. The predicted octanol–water partition coefficient (Wildman–Crippen LogP) is 4.13. The Morgan fingerprint density at radius 3 is 2.47 bits per heavy atom. The number of benzene rings is 1. The smallest absolute Gasteiger partial charge is 0.341 e. The number of fused-ring (bicyclic) bond motifs is 1. The highest BCUT2D eigenvalue weighted by atomic mass is 19.1. The van der Waals surface area contributed by atoms with Gasteiger partial charge < -0.3 is 24.6 Å². The number of carbonyl (C=O) groups is 2. The lowest BCUT2D eigenvalue weighted by molar-refractivity contribution is -0.139. The number of allylic oxidation sites excluding steroid dienone is 2. The maximum absolute atomic E-state index is 14.2. The Balaban J connectivity index is 1.68. The van der Waals surface area contributed by atoms with Crippen LogP contribution < -0.4 is 19.5 Å². The zero-order chi connectivity index (χ0) is 27.2. The van der Waals surface area contributed by atoms with Crippen LogP contribution in [0.1, 0.15) is 35.9 Å². The van der Waals surface area contributed by atoms with Gasteiger partial charge in [-0.1, -0.05) is 6.07 Å². The van der Waals surface area contributed by atoms with Crippen molar-refractivity contribution >= 4 is 29.1 Å². The lowest BCUT2D eigenvalue weighted by atomic mass is 10.0. The van der Waals surface area contributed by atoms with E-state index in [-0.39, 0.29) is 36.1 Å². The fourth-order valence-corrected chi connectivity index (χ4v) is 4.17. The molecule has 9 nitrogen and oxygen atoms in total. The molecule has 3 aromatic rings. The number of methoxy groups -OCH3 is 2. The number of hydrogen-bond acceptors (Lipinski definition) is 7. The van der Waals surface area contributed by atoms with Gasteiger partial charge in [0.05, 0.1) is 44.8 Å². The lowest BCUT2D eigenvalue weighted by Crippen LogP contribution is -2.23. The first kappa shape index (κ1) is 26.3. The molecule has 0 atom stereocenters. The minimum Gasteiger partial charge on any atom is -0.493 e. The van der Waals surface area contributed by atoms with E-state index in [2.05, 4.69) is 15.3 Å². The van der Waals surface area contributed by atoms with Crippen LogP contribution >= 0.6 is 0 Å². The van der Waals surface area contributed by atoms with E-state index in [0.29, 0.717) is 28.0 Å². The van der Waals surface area contributed by atoms with Gasteiger partial charge in [0.2, 0.25) is 11.7 Å². The van der Waals surface area contributed by atoms with Crippen LogP contribution in [0.3, 0.4) is 0 Å². The molecule has 2 N–H and O–H groups in total. The summed E-state index contributed by atoms with van der Waals surface area (Å²) in [5.74, 6) is -1.17. The highest BCUT2D eigenvalue weighted by molar-refractivity contribution is 6.07. The summed E-state index contributed by atoms with van der Waals surface area (Å²) < 4.78 is 30.4. The van der Waals surface area contributed by atoms with Crippen molar-refractivity contribution in [3.8, 4) is 17.2 Å². The molecule has 0 radical (unpaired) electrons. The third-order valence-corrected chi connectivity index (χ3v) is 5.96. The van der Waals surface area contributed by atoms with Crippen LogP contribution in [-0.2, 0) is 16.1 Å². The van der Waals surface area contributed by atoms with Crippen molar-refractivity contribution in [3.05, 3.63) is 82.7 Å². The molecule has 38 heavy (non-hydrogen) atoms. The van der Waals surface area contributed by atoms with Gasteiger partial charge in [-0.15, -0.1) is 0 Å². The molecule has 0 fully saturated rings. The average Bonchev–Trinajstić information content (AvgIpc) is 3.16. The molecule has 0 spiro atoms. The summed E-state index contributed by atoms with van der Waals surface area (Å²) in [4.78, 5) is 32.3. The van der Waals surface area contributed by atoms with Crippen molar-refractivity contribution in [1.29, 1.82) is 0 Å². The molecule has 0 unspecified atom stereocenters. The van der Waals surface area contributed by atoms with Crippen LogP contribution in [0, 0.1) is 5.82 Å². The molecule has 2 aromatic heterocycles. The zero-order valence-electron chi connectivity index (χ0n) is 21.1. The molecule has 1 aliphatic rings. The van der Waals surface area contributed by atoms with E-state index in [4.69, 9.17) is 19.3 Å².